The van der Waals surface area contributed by atoms with Crippen LogP contribution < -0.4 is 5.32 Å². The number of carbonyl (C=O) groups excluding carboxylic acids is 1. The second-order valence-corrected chi connectivity index (χ2v) is 4.79. The van der Waals surface area contributed by atoms with Crippen LogP contribution in [0.3, 0.4) is 0 Å². The first kappa shape index (κ1) is 15.8. The van der Waals surface area contributed by atoms with Gasteiger partial charge in [0, 0.05) is 12.1 Å². The van der Waals surface area contributed by atoms with Gasteiger partial charge in [0.05, 0.1) is 11.3 Å². The predicted octanol–water partition coefficient (Wildman–Crippen LogP) is 3.72. The van der Waals surface area contributed by atoms with Crippen molar-refractivity contribution in [2.45, 2.75) is 25.6 Å². The highest BCUT2D eigenvalue weighted by molar-refractivity contribution is 6.30. The lowest BCUT2D eigenvalue weighted by Crippen LogP contribution is -2.39. The van der Waals surface area contributed by atoms with E-state index in [0.717, 1.165) is 12.1 Å². The molecule has 0 radical (unpaired) electrons. The summed E-state index contributed by atoms with van der Waals surface area (Å²) >= 11 is 5.54. The van der Waals surface area contributed by atoms with Gasteiger partial charge in [0.25, 0.3) is 5.91 Å². The lowest BCUT2D eigenvalue weighted by atomic mass is 10.1. The number of hydrogen-bond acceptors (Lipinski definition) is 2. The van der Waals surface area contributed by atoms with Crippen LogP contribution in [0.2, 0.25) is 5.02 Å². The maximum atomic E-state index is 12.8. The monoisotopic (exact) mass is 295 g/mol. The fourth-order valence-corrected chi connectivity index (χ4v) is 1.40. The number of methoxy groups -OCH3 is 1. The van der Waals surface area contributed by atoms with Crippen LogP contribution in [0.15, 0.2) is 18.2 Å². The van der Waals surface area contributed by atoms with Gasteiger partial charge in [-0.1, -0.05) is 11.6 Å². The van der Waals surface area contributed by atoms with Crippen LogP contribution in [0, 0.1) is 0 Å². The molecule has 0 unspecified atom stereocenters. The molecule has 0 aliphatic heterocycles. The first-order valence-electron chi connectivity index (χ1n) is 5.31. The smallest absolute Gasteiger partial charge is 0.369 e. The van der Waals surface area contributed by atoms with E-state index in [-0.39, 0.29) is 10.7 Å². The topological polar surface area (TPSA) is 38.3 Å². The third kappa shape index (κ3) is 3.84. The first-order valence-corrected chi connectivity index (χ1v) is 5.69. The number of nitrogens with one attached hydrogen (secondary N) is 1. The van der Waals surface area contributed by atoms with Crippen molar-refractivity contribution in [3.8, 4) is 0 Å². The van der Waals surface area contributed by atoms with E-state index in [4.69, 9.17) is 16.3 Å². The Labute approximate surface area is 113 Å². The van der Waals surface area contributed by atoms with Crippen LogP contribution >= 0.6 is 11.6 Å². The van der Waals surface area contributed by atoms with Gasteiger partial charge in [0.1, 0.15) is 5.60 Å². The number of rotatable bonds is 3. The van der Waals surface area contributed by atoms with Crippen molar-refractivity contribution in [2.75, 3.05) is 12.4 Å². The van der Waals surface area contributed by atoms with Gasteiger partial charge in [-0.25, -0.2) is 0 Å². The van der Waals surface area contributed by atoms with Crippen molar-refractivity contribution in [1.82, 2.24) is 0 Å². The molecular formula is C12H13ClF3NO2. The molecular weight excluding hydrogens is 283 g/mol. The van der Waals surface area contributed by atoms with Gasteiger partial charge in [-0.15, -0.1) is 0 Å². The van der Waals surface area contributed by atoms with Crippen molar-refractivity contribution >= 4 is 23.2 Å². The summed E-state index contributed by atoms with van der Waals surface area (Å²) in [6.45, 7) is 2.90. The average molecular weight is 296 g/mol. The second-order valence-electron chi connectivity index (χ2n) is 4.36. The summed E-state index contributed by atoms with van der Waals surface area (Å²) in [7, 11) is 1.30. The van der Waals surface area contributed by atoms with Crippen LogP contribution in [-0.2, 0) is 15.7 Å². The van der Waals surface area contributed by atoms with Gasteiger partial charge in [0.2, 0.25) is 0 Å². The summed E-state index contributed by atoms with van der Waals surface area (Å²) < 4.78 is 43.3. The number of halogens is 4. The molecule has 0 fully saturated rings. The molecule has 0 aliphatic rings. The highest BCUT2D eigenvalue weighted by Crippen LogP contribution is 2.36. The van der Waals surface area contributed by atoms with E-state index >= 15 is 0 Å². The van der Waals surface area contributed by atoms with Gasteiger partial charge in [-0.2, -0.15) is 13.2 Å². The highest BCUT2D eigenvalue weighted by atomic mass is 35.5. The molecule has 0 heterocycles. The molecule has 1 rings (SSSR count). The lowest BCUT2D eigenvalue weighted by Gasteiger charge is -2.23. The Morgan fingerprint density at radius 1 is 1.32 bits per heavy atom. The van der Waals surface area contributed by atoms with Crippen LogP contribution in [-0.4, -0.2) is 18.6 Å². The Balaban J connectivity index is 3.12. The van der Waals surface area contributed by atoms with Crippen LogP contribution in [0.1, 0.15) is 19.4 Å². The normalized spacial score (nSPS) is 12.4. The van der Waals surface area contributed by atoms with E-state index in [0.29, 0.717) is 0 Å². The van der Waals surface area contributed by atoms with Crippen molar-refractivity contribution in [2.24, 2.45) is 0 Å². The van der Waals surface area contributed by atoms with Crippen molar-refractivity contribution in [3.63, 3.8) is 0 Å². The number of carbonyl (C=O) groups is 1. The SMILES string of the molecule is COC(C)(C)C(=O)Nc1ccc(Cl)cc1C(F)(F)F. The summed E-state index contributed by atoms with van der Waals surface area (Å²) in [4.78, 5) is 11.8. The van der Waals surface area contributed by atoms with E-state index in [1.807, 2.05) is 0 Å². The molecule has 1 aromatic carbocycles. The molecule has 0 saturated heterocycles. The van der Waals surface area contributed by atoms with Crippen molar-refractivity contribution < 1.29 is 22.7 Å². The van der Waals surface area contributed by atoms with E-state index in [2.05, 4.69) is 5.32 Å². The molecule has 19 heavy (non-hydrogen) atoms. The largest absolute Gasteiger partial charge is 0.418 e. The summed E-state index contributed by atoms with van der Waals surface area (Å²) in [5.74, 6) is -0.678. The van der Waals surface area contributed by atoms with E-state index in [1.54, 1.807) is 0 Å². The quantitative estimate of drug-likeness (QED) is 0.923. The van der Waals surface area contributed by atoms with Gasteiger partial charge in [0.15, 0.2) is 0 Å². The fraction of sp³-hybridized carbons (Fsp3) is 0.417. The van der Waals surface area contributed by atoms with Crippen molar-refractivity contribution in [3.05, 3.63) is 28.8 Å². The molecule has 0 aromatic heterocycles. The Bertz CT molecular complexity index is 486. The molecule has 106 valence electrons. The lowest BCUT2D eigenvalue weighted by molar-refractivity contribution is -0.137. The predicted molar refractivity (Wildman–Crippen MR) is 66.2 cm³/mol. The Morgan fingerprint density at radius 3 is 2.37 bits per heavy atom. The van der Waals surface area contributed by atoms with E-state index in [9.17, 15) is 18.0 Å². The Hall–Kier alpha value is -1.27. The summed E-state index contributed by atoms with van der Waals surface area (Å²) in [6, 6.07) is 3.14. The van der Waals surface area contributed by atoms with Gasteiger partial charge in [-0.05, 0) is 32.0 Å². The second kappa shape index (κ2) is 5.38. The van der Waals surface area contributed by atoms with E-state index in [1.165, 1.54) is 27.0 Å². The zero-order chi connectivity index (χ0) is 14.8. The van der Waals surface area contributed by atoms with Crippen LogP contribution in [0.5, 0.6) is 0 Å². The van der Waals surface area contributed by atoms with Crippen molar-refractivity contribution in [1.29, 1.82) is 0 Å². The molecule has 1 N–H and O–H groups in total. The molecule has 0 atom stereocenters. The molecule has 1 aromatic rings. The fourth-order valence-electron chi connectivity index (χ4n) is 1.23. The molecule has 1 amide bonds. The summed E-state index contributed by atoms with van der Waals surface area (Å²) in [6.07, 6.45) is -4.61. The maximum absolute atomic E-state index is 12.8. The zero-order valence-electron chi connectivity index (χ0n) is 10.6. The van der Waals surface area contributed by atoms with Crippen LogP contribution in [0.25, 0.3) is 0 Å². The number of benzene rings is 1. The van der Waals surface area contributed by atoms with Gasteiger partial charge >= 0.3 is 6.18 Å². The third-order valence-corrected chi connectivity index (χ3v) is 2.83. The third-order valence-electron chi connectivity index (χ3n) is 2.59. The summed E-state index contributed by atoms with van der Waals surface area (Å²) in [5.41, 5.74) is -2.59. The molecule has 0 aliphatic carbocycles. The maximum Gasteiger partial charge on any atom is 0.418 e. The number of hydrogen-bond donors (Lipinski definition) is 1. The first-order chi connectivity index (χ1) is 8.58. The minimum atomic E-state index is -4.61. The minimum Gasteiger partial charge on any atom is -0.369 e. The number of amides is 1. The minimum absolute atomic E-state index is 0.0590. The molecule has 0 bridgehead atoms. The average Bonchev–Trinajstić information content (AvgIpc) is 2.30. The summed E-state index contributed by atoms with van der Waals surface area (Å²) in [5, 5.41) is 2.13. The number of anilines is 1. The number of ether oxygens (including phenoxy) is 1. The van der Waals surface area contributed by atoms with Gasteiger partial charge in [-0.3, -0.25) is 4.79 Å². The molecule has 7 heteroatoms. The zero-order valence-corrected chi connectivity index (χ0v) is 11.3. The Morgan fingerprint density at radius 2 is 1.89 bits per heavy atom. The highest BCUT2D eigenvalue weighted by Gasteiger charge is 2.35. The molecule has 0 saturated carbocycles. The standard InChI is InChI=1S/C12H13ClF3NO2/c1-11(2,19-3)10(18)17-9-5-4-7(13)6-8(9)12(14,15)16/h4-6H,1-3H3,(H,17,18). The van der Waals surface area contributed by atoms with E-state index < -0.39 is 23.2 Å². The Kier molecular flexibility index (Phi) is 4.47. The van der Waals surface area contributed by atoms with Crippen LogP contribution in [0.4, 0.5) is 18.9 Å². The molecule has 0 spiro atoms. The molecule has 3 nitrogen and oxygen atoms in total. The van der Waals surface area contributed by atoms with Gasteiger partial charge < -0.3 is 10.1 Å². The number of alkyl halides is 3.